The third-order valence-electron chi connectivity index (χ3n) is 3.90. The summed E-state index contributed by atoms with van der Waals surface area (Å²) in [5, 5.41) is 0.774. The Labute approximate surface area is 150 Å². The first kappa shape index (κ1) is 19.4. The molecule has 0 saturated heterocycles. The van der Waals surface area contributed by atoms with E-state index in [0.717, 1.165) is 24.6 Å². The lowest BCUT2D eigenvalue weighted by Crippen LogP contribution is -2.43. The molecule has 0 bridgehead atoms. The average molecular weight is 381 g/mol. The van der Waals surface area contributed by atoms with Crippen LogP contribution in [0.4, 0.5) is 0 Å². The van der Waals surface area contributed by atoms with Gasteiger partial charge in [0.05, 0.1) is 15.2 Å². The molecule has 0 aliphatic carbocycles. The maximum atomic E-state index is 12.8. The Kier molecular flexibility index (Phi) is 5.26. The van der Waals surface area contributed by atoms with Gasteiger partial charge in [-0.15, -0.1) is 0 Å². The molecule has 0 N–H and O–H groups in total. The van der Waals surface area contributed by atoms with E-state index in [1.54, 1.807) is 0 Å². The van der Waals surface area contributed by atoms with Gasteiger partial charge in [-0.3, -0.25) is 0 Å². The molecule has 2 aromatic rings. The third kappa shape index (κ3) is 3.56. The Balaban J connectivity index is 2.96. The zero-order chi connectivity index (χ0) is 19.0. The van der Waals surface area contributed by atoms with Crippen LogP contribution in [-0.2, 0) is 14.9 Å². The summed E-state index contributed by atoms with van der Waals surface area (Å²) in [6, 6.07) is 9.49. The highest BCUT2D eigenvalue weighted by Crippen LogP contribution is 2.26. The Morgan fingerprint density at radius 2 is 1.68 bits per heavy atom. The number of ether oxygens (including phenoxy) is 1. The van der Waals surface area contributed by atoms with E-state index in [9.17, 15) is 13.2 Å². The largest absolute Gasteiger partial charge is 0.464 e. The van der Waals surface area contributed by atoms with Crippen molar-refractivity contribution >= 4 is 29.4 Å². The van der Waals surface area contributed by atoms with E-state index < -0.39 is 24.3 Å². The van der Waals surface area contributed by atoms with Gasteiger partial charge in [-0.1, -0.05) is 50.0 Å². The number of hydrogen-bond acceptors (Lipinski definition) is 4. The second kappa shape index (κ2) is 6.78. The number of methoxy groups -OCH3 is 1. The van der Waals surface area contributed by atoms with Crippen LogP contribution in [0, 0.1) is 0 Å². The number of carbonyl (C=O) groups excluding carboxylic acids is 1. The maximum Gasteiger partial charge on any atom is 0.355 e. The molecule has 2 rings (SSSR count). The van der Waals surface area contributed by atoms with Gasteiger partial charge in [-0.25, -0.2) is 8.77 Å². The topological polar surface area (TPSA) is 68.6 Å². The van der Waals surface area contributed by atoms with E-state index in [-0.39, 0.29) is 5.69 Å². The van der Waals surface area contributed by atoms with Crippen LogP contribution in [0.5, 0.6) is 0 Å². The van der Waals surface area contributed by atoms with Gasteiger partial charge >= 0.3 is 16.2 Å². The molecule has 25 heavy (non-hydrogen) atoms. The van der Waals surface area contributed by atoms with Gasteiger partial charge in [0.25, 0.3) is 0 Å². The van der Waals surface area contributed by atoms with Crippen molar-refractivity contribution in [1.82, 2.24) is 8.28 Å². The van der Waals surface area contributed by atoms with E-state index in [4.69, 9.17) is 4.74 Å². The molecule has 0 fully saturated rings. The van der Waals surface area contributed by atoms with E-state index in [2.05, 4.69) is 19.6 Å². The maximum absolute atomic E-state index is 12.8. The normalized spacial score (nSPS) is 12.4. The van der Waals surface area contributed by atoms with Gasteiger partial charge in [0, 0.05) is 25.9 Å². The van der Waals surface area contributed by atoms with Crippen LogP contribution in [0.1, 0.15) is 10.5 Å². The fourth-order valence-electron chi connectivity index (χ4n) is 2.73. The molecular formula is C17H24N2O4SSi. The van der Waals surface area contributed by atoms with E-state index >= 15 is 0 Å². The molecule has 0 atom stereocenters. The molecule has 8 heteroatoms. The van der Waals surface area contributed by atoms with Crippen LogP contribution in [0.3, 0.4) is 0 Å². The molecule has 0 aliphatic heterocycles. The number of esters is 1. The van der Waals surface area contributed by atoms with Gasteiger partial charge in [0.15, 0.2) is 0 Å². The van der Waals surface area contributed by atoms with Crippen LogP contribution >= 0.6 is 0 Å². The Bertz CT molecular complexity index is 881. The fourth-order valence-corrected chi connectivity index (χ4v) is 5.74. The quantitative estimate of drug-likeness (QED) is 0.589. The summed E-state index contributed by atoms with van der Waals surface area (Å²) >= 11 is 0. The molecule has 1 aromatic carbocycles. The zero-order valence-corrected chi connectivity index (χ0v) is 17.2. The molecule has 0 saturated carbocycles. The summed E-state index contributed by atoms with van der Waals surface area (Å²) in [5.41, 5.74) is 1.72. The summed E-state index contributed by atoms with van der Waals surface area (Å²) in [6.45, 7) is 6.23. The molecule has 0 aliphatic rings. The lowest BCUT2D eigenvalue weighted by molar-refractivity contribution is 0.0594. The molecule has 0 unspecified atom stereocenters. The highest BCUT2D eigenvalue weighted by Gasteiger charge is 2.35. The minimum absolute atomic E-state index is 0.0919. The monoisotopic (exact) mass is 380 g/mol. The van der Waals surface area contributed by atoms with Crippen molar-refractivity contribution in [3.8, 4) is 11.1 Å². The minimum atomic E-state index is -3.86. The predicted molar refractivity (Wildman–Crippen MR) is 102 cm³/mol. The van der Waals surface area contributed by atoms with Crippen molar-refractivity contribution in [3.05, 3.63) is 42.2 Å². The highest BCUT2D eigenvalue weighted by molar-refractivity contribution is 7.87. The summed E-state index contributed by atoms with van der Waals surface area (Å²) in [7, 11) is -1.81. The van der Waals surface area contributed by atoms with Gasteiger partial charge in [0.1, 0.15) is 5.69 Å². The van der Waals surface area contributed by atoms with Gasteiger partial charge in [-0.2, -0.15) is 12.7 Å². The standard InChI is InChI=1S/C17H24N2O4SSi/c1-18(2)24(21,22)19-12-14(13-10-8-7-9-11-13)16(25(4,5)6)15(19)17(20)23-3/h7-12H,1-6H3. The molecule has 0 amide bonds. The number of rotatable bonds is 5. The summed E-state index contributed by atoms with van der Waals surface area (Å²) < 4.78 is 32.6. The van der Waals surface area contributed by atoms with Crippen LogP contribution in [0.2, 0.25) is 19.6 Å². The van der Waals surface area contributed by atoms with Gasteiger partial charge < -0.3 is 4.74 Å². The molecule has 1 heterocycles. The number of nitrogens with zero attached hydrogens (tertiary/aromatic N) is 2. The summed E-state index contributed by atoms with van der Waals surface area (Å²) in [4.78, 5) is 12.5. The molecular weight excluding hydrogens is 356 g/mol. The van der Waals surface area contributed by atoms with Crippen molar-refractivity contribution in [1.29, 1.82) is 0 Å². The van der Waals surface area contributed by atoms with Crippen molar-refractivity contribution in [2.75, 3.05) is 21.2 Å². The number of aromatic nitrogens is 1. The molecule has 0 spiro atoms. The second-order valence-electron chi connectivity index (χ2n) is 6.96. The molecule has 0 radical (unpaired) electrons. The summed E-state index contributed by atoms with van der Waals surface area (Å²) in [6.07, 6.45) is 1.53. The third-order valence-corrected chi connectivity index (χ3v) is 7.61. The molecule has 6 nitrogen and oxygen atoms in total. The van der Waals surface area contributed by atoms with Crippen molar-refractivity contribution < 1.29 is 17.9 Å². The lowest BCUT2D eigenvalue weighted by Gasteiger charge is -2.20. The lowest BCUT2D eigenvalue weighted by atomic mass is 10.1. The first-order chi connectivity index (χ1) is 11.5. The van der Waals surface area contributed by atoms with Crippen molar-refractivity contribution in [3.63, 3.8) is 0 Å². The van der Waals surface area contributed by atoms with Crippen LogP contribution < -0.4 is 5.19 Å². The van der Waals surface area contributed by atoms with Gasteiger partial charge in [-0.05, 0) is 10.8 Å². The fraction of sp³-hybridized carbons (Fsp3) is 0.353. The van der Waals surface area contributed by atoms with Crippen LogP contribution in [0.15, 0.2) is 36.5 Å². The first-order valence-electron chi connectivity index (χ1n) is 7.84. The van der Waals surface area contributed by atoms with Crippen molar-refractivity contribution in [2.24, 2.45) is 0 Å². The second-order valence-corrected chi connectivity index (χ2v) is 14.0. The predicted octanol–water partition coefficient (Wildman–Crippen LogP) is 2.14. The number of hydrogen-bond donors (Lipinski definition) is 0. The van der Waals surface area contributed by atoms with Crippen molar-refractivity contribution in [2.45, 2.75) is 19.6 Å². The minimum Gasteiger partial charge on any atom is -0.464 e. The number of benzene rings is 1. The van der Waals surface area contributed by atoms with Crippen LogP contribution in [0.25, 0.3) is 11.1 Å². The Morgan fingerprint density at radius 3 is 2.12 bits per heavy atom. The zero-order valence-electron chi connectivity index (χ0n) is 15.4. The Hall–Kier alpha value is -1.90. The van der Waals surface area contributed by atoms with E-state index in [1.165, 1.54) is 27.4 Å². The molecule has 136 valence electrons. The van der Waals surface area contributed by atoms with E-state index in [0.29, 0.717) is 0 Å². The smallest absolute Gasteiger partial charge is 0.355 e. The van der Waals surface area contributed by atoms with Crippen LogP contribution in [-0.4, -0.2) is 51.9 Å². The SMILES string of the molecule is COC(=O)c1c([Si](C)(C)C)c(-c2ccccc2)cn1S(=O)(=O)N(C)C. The average Bonchev–Trinajstić information content (AvgIpc) is 2.96. The highest BCUT2D eigenvalue weighted by atomic mass is 32.2. The van der Waals surface area contributed by atoms with E-state index in [1.807, 2.05) is 30.3 Å². The summed E-state index contributed by atoms with van der Waals surface area (Å²) in [5.74, 6) is -0.648. The number of carbonyl (C=O) groups is 1. The first-order valence-corrected chi connectivity index (χ1v) is 12.7. The Morgan fingerprint density at radius 1 is 1.12 bits per heavy atom. The molecule has 1 aromatic heterocycles. The van der Waals surface area contributed by atoms with Gasteiger partial charge in [0.2, 0.25) is 0 Å².